The molecule has 0 bridgehead atoms. The Balaban J connectivity index is 2.57. The van der Waals surface area contributed by atoms with Crippen molar-refractivity contribution in [1.82, 2.24) is 0 Å². The van der Waals surface area contributed by atoms with Gasteiger partial charge in [-0.05, 0) is 33.6 Å². The molecule has 154 valence electrons. The van der Waals surface area contributed by atoms with Crippen molar-refractivity contribution in [2.45, 2.75) is 72.2 Å². The number of carbonyl (C=O) groups excluding carboxylic acids is 4. The number of rotatable bonds is 4. The summed E-state index contributed by atoms with van der Waals surface area (Å²) >= 11 is 0. The van der Waals surface area contributed by atoms with Gasteiger partial charge in [-0.2, -0.15) is 0 Å². The van der Waals surface area contributed by atoms with Crippen molar-refractivity contribution >= 4 is 23.5 Å². The summed E-state index contributed by atoms with van der Waals surface area (Å²) < 4.78 is 10.8. The standard InChI is InChI=1S/C21H28O7/c1-7-11(2)19(25)28-18-17(24)15(13(4)22)10-20(6)12(3)16(27-14(5)23)8-9-21(18,20)26/h7,10,12,16,18,26H,8-9H2,1-6H3/b11-7-/t12-,16-,18+,20+,21-/m0/s1. The first-order valence-corrected chi connectivity index (χ1v) is 9.40. The molecule has 0 aromatic heterocycles. The summed E-state index contributed by atoms with van der Waals surface area (Å²) in [6.07, 6.45) is 1.39. The minimum atomic E-state index is -1.72. The highest BCUT2D eigenvalue weighted by molar-refractivity contribution is 6.22. The molecular formula is C21H28O7. The van der Waals surface area contributed by atoms with E-state index in [1.54, 1.807) is 33.8 Å². The van der Waals surface area contributed by atoms with Crippen molar-refractivity contribution in [2.24, 2.45) is 11.3 Å². The number of hydrogen-bond donors (Lipinski definition) is 1. The number of ether oxygens (including phenoxy) is 2. The van der Waals surface area contributed by atoms with E-state index in [0.717, 1.165) is 0 Å². The second-order valence-electron chi connectivity index (χ2n) is 7.92. The third kappa shape index (κ3) is 3.43. The lowest BCUT2D eigenvalue weighted by atomic mass is 9.52. The van der Waals surface area contributed by atoms with Gasteiger partial charge < -0.3 is 14.6 Å². The van der Waals surface area contributed by atoms with Crippen LogP contribution in [-0.2, 0) is 28.7 Å². The zero-order chi connectivity index (χ0) is 21.4. The van der Waals surface area contributed by atoms with E-state index >= 15 is 0 Å². The highest BCUT2D eigenvalue weighted by Gasteiger charge is 2.64. The molecule has 1 N–H and O–H groups in total. The average Bonchev–Trinajstić information content (AvgIpc) is 2.62. The Morgan fingerprint density at radius 3 is 2.32 bits per heavy atom. The second-order valence-corrected chi connectivity index (χ2v) is 7.92. The molecule has 1 fully saturated rings. The molecule has 0 heterocycles. The molecule has 2 aliphatic rings. The molecule has 0 aromatic rings. The van der Waals surface area contributed by atoms with Gasteiger partial charge in [0.1, 0.15) is 11.7 Å². The van der Waals surface area contributed by atoms with Crippen LogP contribution in [0.15, 0.2) is 23.3 Å². The molecule has 0 saturated heterocycles. The molecule has 7 heteroatoms. The minimum absolute atomic E-state index is 0.0754. The van der Waals surface area contributed by atoms with Gasteiger partial charge in [-0.15, -0.1) is 0 Å². The van der Waals surface area contributed by atoms with Gasteiger partial charge in [-0.1, -0.05) is 26.0 Å². The molecule has 1 saturated carbocycles. The topological polar surface area (TPSA) is 107 Å². The van der Waals surface area contributed by atoms with Crippen LogP contribution in [0.5, 0.6) is 0 Å². The predicted octanol–water partition coefficient (Wildman–Crippen LogP) is 2.06. The van der Waals surface area contributed by atoms with Crippen molar-refractivity contribution in [1.29, 1.82) is 0 Å². The van der Waals surface area contributed by atoms with E-state index in [0.29, 0.717) is 12.0 Å². The zero-order valence-electron chi connectivity index (χ0n) is 17.2. The van der Waals surface area contributed by atoms with E-state index in [4.69, 9.17) is 9.47 Å². The fourth-order valence-electron chi connectivity index (χ4n) is 4.18. The van der Waals surface area contributed by atoms with Crippen LogP contribution in [0.25, 0.3) is 0 Å². The molecule has 2 aliphatic carbocycles. The van der Waals surface area contributed by atoms with Crippen LogP contribution >= 0.6 is 0 Å². The zero-order valence-corrected chi connectivity index (χ0v) is 17.2. The van der Waals surface area contributed by atoms with Crippen LogP contribution in [0.1, 0.15) is 54.4 Å². The van der Waals surface area contributed by atoms with Gasteiger partial charge in [0.05, 0.1) is 5.57 Å². The molecule has 0 unspecified atom stereocenters. The highest BCUT2D eigenvalue weighted by atomic mass is 16.6. The van der Waals surface area contributed by atoms with Crippen LogP contribution < -0.4 is 0 Å². The maximum absolute atomic E-state index is 13.0. The molecule has 0 aliphatic heterocycles. The van der Waals surface area contributed by atoms with E-state index in [9.17, 15) is 24.3 Å². The van der Waals surface area contributed by atoms with E-state index in [-0.39, 0.29) is 12.0 Å². The Bertz CT molecular complexity index is 778. The smallest absolute Gasteiger partial charge is 0.334 e. The molecule has 0 spiro atoms. The van der Waals surface area contributed by atoms with E-state index in [1.807, 2.05) is 0 Å². The largest absolute Gasteiger partial charge is 0.462 e. The Kier molecular flexibility index (Phi) is 5.99. The Morgan fingerprint density at radius 1 is 1.21 bits per heavy atom. The van der Waals surface area contributed by atoms with E-state index < -0.39 is 52.6 Å². The Morgan fingerprint density at radius 2 is 1.82 bits per heavy atom. The number of ketones is 2. The Hall–Kier alpha value is -2.28. The quantitative estimate of drug-likeness (QED) is 0.443. The van der Waals surface area contributed by atoms with Crippen LogP contribution in [0.4, 0.5) is 0 Å². The van der Waals surface area contributed by atoms with Gasteiger partial charge in [0, 0.05) is 23.8 Å². The fourth-order valence-corrected chi connectivity index (χ4v) is 4.18. The number of esters is 2. The van der Waals surface area contributed by atoms with Gasteiger partial charge >= 0.3 is 11.9 Å². The first-order valence-electron chi connectivity index (χ1n) is 9.40. The number of hydrogen-bond acceptors (Lipinski definition) is 7. The second kappa shape index (κ2) is 7.62. The number of fused-ring (bicyclic) bond motifs is 1. The van der Waals surface area contributed by atoms with Gasteiger partial charge in [0.15, 0.2) is 11.9 Å². The van der Waals surface area contributed by atoms with Crippen molar-refractivity contribution < 1.29 is 33.8 Å². The minimum Gasteiger partial charge on any atom is -0.462 e. The van der Waals surface area contributed by atoms with Crippen molar-refractivity contribution in [3.63, 3.8) is 0 Å². The number of allylic oxidation sites excluding steroid dienone is 1. The molecule has 2 rings (SSSR count). The maximum atomic E-state index is 13.0. The summed E-state index contributed by atoms with van der Waals surface area (Å²) in [6.45, 7) is 9.25. The van der Waals surface area contributed by atoms with Crippen molar-refractivity contribution in [2.75, 3.05) is 0 Å². The van der Waals surface area contributed by atoms with Crippen LogP contribution in [0, 0.1) is 11.3 Å². The summed E-state index contributed by atoms with van der Waals surface area (Å²) in [4.78, 5) is 48.9. The monoisotopic (exact) mass is 392 g/mol. The summed E-state index contributed by atoms with van der Waals surface area (Å²) in [5.41, 5.74) is -2.66. The summed E-state index contributed by atoms with van der Waals surface area (Å²) in [5.74, 6) is -2.76. The molecule has 5 atom stereocenters. The van der Waals surface area contributed by atoms with E-state index in [1.165, 1.54) is 19.9 Å². The summed E-state index contributed by atoms with van der Waals surface area (Å²) in [5, 5.41) is 11.6. The van der Waals surface area contributed by atoms with E-state index in [2.05, 4.69) is 0 Å². The van der Waals surface area contributed by atoms with Crippen LogP contribution in [0.2, 0.25) is 0 Å². The lowest BCUT2D eigenvalue weighted by Gasteiger charge is -2.56. The van der Waals surface area contributed by atoms with Crippen LogP contribution in [-0.4, -0.2) is 46.4 Å². The van der Waals surface area contributed by atoms with Crippen molar-refractivity contribution in [3.05, 3.63) is 23.3 Å². The molecule has 0 aromatic carbocycles. The number of Topliss-reactive ketones (excluding diaryl/α,β-unsaturated/α-hetero) is 2. The molecule has 0 amide bonds. The Labute approximate surface area is 164 Å². The summed E-state index contributed by atoms with van der Waals surface area (Å²) in [6, 6.07) is 0. The van der Waals surface area contributed by atoms with Gasteiger partial charge in [-0.3, -0.25) is 14.4 Å². The maximum Gasteiger partial charge on any atom is 0.334 e. The van der Waals surface area contributed by atoms with Crippen LogP contribution in [0.3, 0.4) is 0 Å². The molecule has 0 radical (unpaired) electrons. The lowest BCUT2D eigenvalue weighted by molar-refractivity contribution is -0.216. The SMILES string of the molecule is C/C=C(/C)C(=O)O[C@@H]1C(=O)C(C(C)=O)=C[C@]2(C)[C@@H](C)[C@@H](OC(C)=O)CC[C@]12O. The van der Waals surface area contributed by atoms with Gasteiger partial charge in [-0.25, -0.2) is 4.79 Å². The number of aliphatic hydroxyl groups is 1. The molecule has 7 nitrogen and oxygen atoms in total. The normalized spacial score (nSPS) is 35.5. The summed E-state index contributed by atoms with van der Waals surface area (Å²) in [7, 11) is 0. The van der Waals surface area contributed by atoms with Gasteiger partial charge in [0.25, 0.3) is 0 Å². The third-order valence-corrected chi connectivity index (χ3v) is 6.30. The fraction of sp³-hybridized carbons (Fsp3) is 0.619. The first kappa shape index (κ1) is 22.0. The average molecular weight is 392 g/mol. The first-order chi connectivity index (χ1) is 12.9. The highest BCUT2D eigenvalue weighted by Crippen LogP contribution is 2.55. The van der Waals surface area contributed by atoms with Gasteiger partial charge in [0.2, 0.25) is 5.78 Å². The molecular weight excluding hydrogens is 364 g/mol. The molecule has 28 heavy (non-hydrogen) atoms. The predicted molar refractivity (Wildman–Crippen MR) is 100 cm³/mol. The number of carbonyl (C=O) groups is 4. The van der Waals surface area contributed by atoms with Crippen molar-refractivity contribution in [3.8, 4) is 0 Å². The lowest BCUT2D eigenvalue weighted by Crippen LogP contribution is -2.67. The third-order valence-electron chi connectivity index (χ3n) is 6.30.